The summed E-state index contributed by atoms with van der Waals surface area (Å²) in [5, 5.41) is 0. The summed E-state index contributed by atoms with van der Waals surface area (Å²) in [5.74, 6) is 1.26. The Labute approximate surface area is 133 Å². The largest absolute Gasteiger partial charge is 0.493 e. The van der Waals surface area contributed by atoms with Crippen molar-refractivity contribution in [3.05, 3.63) is 22.2 Å². The van der Waals surface area contributed by atoms with Gasteiger partial charge in [0.05, 0.1) is 27.4 Å². The SMILES string of the molecule is COc1cc(Br)c(C(=O)CCN2CCOCC2)cc1OC. The number of hydrogen-bond acceptors (Lipinski definition) is 5. The number of Topliss-reactive ketones (excluding diaryl/α,β-unsaturated/α-hetero) is 1. The maximum Gasteiger partial charge on any atom is 0.165 e. The van der Waals surface area contributed by atoms with Crippen LogP contribution in [0.3, 0.4) is 0 Å². The van der Waals surface area contributed by atoms with E-state index in [-0.39, 0.29) is 5.78 Å². The smallest absolute Gasteiger partial charge is 0.165 e. The minimum atomic E-state index is 0.0920. The molecule has 1 aliphatic heterocycles. The zero-order chi connectivity index (χ0) is 15.2. The standard InChI is InChI=1S/C15H20BrNO4/c1-19-14-9-11(12(16)10-15(14)20-2)13(18)3-4-17-5-7-21-8-6-17/h9-10H,3-8H2,1-2H3. The molecule has 1 saturated heterocycles. The first-order valence-corrected chi connectivity index (χ1v) is 7.70. The van der Waals surface area contributed by atoms with Crippen LogP contribution in [0, 0.1) is 0 Å². The quantitative estimate of drug-likeness (QED) is 0.731. The second kappa shape index (κ2) is 7.77. The topological polar surface area (TPSA) is 48.0 Å². The van der Waals surface area contributed by atoms with Crippen molar-refractivity contribution in [1.82, 2.24) is 4.90 Å². The molecule has 1 heterocycles. The fourth-order valence-electron chi connectivity index (χ4n) is 2.29. The van der Waals surface area contributed by atoms with Crippen molar-refractivity contribution in [1.29, 1.82) is 0 Å². The normalized spacial score (nSPS) is 15.8. The lowest BCUT2D eigenvalue weighted by Crippen LogP contribution is -2.37. The van der Waals surface area contributed by atoms with Crippen LogP contribution in [0.2, 0.25) is 0 Å². The van der Waals surface area contributed by atoms with Gasteiger partial charge in [-0.25, -0.2) is 0 Å². The molecule has 0 saturated carbocycles. The molecule has 116 valence electrons. The van der Waals surface area contributed by atoms with Crippen LogP contribution >= 0.6 is 15.9 Å². The molecule has 1 aromatic carbocycles. The summed E-state index contributed by atoms with van der Waals surface area (Å²) in [5.41, 5.74) is 0.626. The average molecular weight is 358 g/mol. The highest BCUT2D eigenvalue weighted by Gasteiger charge is 2.17. The number of morpholine rings is 1. The molecule has 0 N–H and O–H groups in total. The number of carbonyl (C=O) groups excluding carboxylic acids is 1. The summed E-state index contributed by atoms with van der Waals surface area (Å²) in [4.78, 5) is 14.6. The first-order chi connectivity index (χ1) is 10.2. The molecule has 2 rings (SSSR count). The lowest BCUT2D eigenvalue weighted by Gasteiger charge is -2.26. The van der Waals surface area contributed by atoms with Crippen molar-refractivity contribution in [2.45, 2.75) is 6.42 Å². The van der Waals surface area contributed by atoms with E-state index in [9.17, 15) is 4.79 Å². The van der Waals surface area contributed by atoms with Crippen molar-refractivity contribution in [2.24, 2.45) is 0 Å². The molecule has 6 heteroatoms. The van der Waals surface area contributed by atoms with Crippen LogP contribution in [-0.4, -0.2) is 57.8 Å². The number of hydrogen-bond donors (Lipinski definition) is 0. The third kappa shape index (κ3) is 4.18. The van der Waals surface area contributed by atoms with Gasteiger partial charge in [0.1, 0.15) is 0 Å². The van der Waals surface area contributed by atoms with Gasteiger partial charge >= 0.3 is 0 Å². The Morgan fingerprint density at radius 2 is 1.86 bits per heavy atom. The second-order valence-electron chi connectivity index (χ2n) is 4.81. The number of methoxy groups -OCH3 is 2. The van der Waals surface area contributed by atoms with E-state index in [1.54, 1.807) is 26.4 Å². The van der Waals surface area contributed by atoms with Gasteiger partial charge in [-0.05, 0) is 28.1 Å². The molecule has 0 radical (unpaired) electrons. The number of nitrogens with zero attached hydrogens (tertiary/aromatic N) is 1. The number of carbonyl (C=O) groups is 1. The number of ketones is 1. The van der Waals surface area contributed by atoms with Gasteiger partial charge in [-0.1, -0.05) is 0 Å². The molecule has 1 aromatic rings. The van der Waals surface area contributed by atoms with Gasteiger partial charge in [-0.15, -0.1) is 0 Å². The summed E-state index contributed by atoms with van der Waals surface area (Å²) < 4.78 is 16.5. The van der Waals surface area contributed by atoms with Crippen LogP contribution in [0.1, 0.15) is 16.8 Å². The van der Waals surface area contributed by atoms with E-state index in [0.29, 0.717) is 23.5 Å². The monoisotopic (exact) mass is 357 g/mol. The Hall–Kier alpha value is -1.11. The van der Waals surface area contributed by atoms with Crippen molar-refractivity contribution >= 4 is 21.7 Å². The predicted molar refractivity (Wildman–Crippen MR) is 83.5 cm³/mol. The van der Waals surface area contributed by atoms with Crippen LogP contribution in [0.25, 0.3) is 0 Å². The first-order valence-electron chi connectivity index (χ1n) is 6.90. The number of rotatable bonds is 6. The van der Waals surface area contributed by atoms with Gasteiger partial charge in [0.25, 0.3) is 0 Å². The molecule has 0 unspecified atom stereocenters. The molecule has 0 aromatic heterocycles. The fraction of sp³-hybridized carbons (Fsp3) is 0.533. The molecular formula is C15H20BrNO4. The highest BCUT2D eigenvalue weighted by Crippen LogP contribution is 2.33. The van der Waals surface area contributed by atoms with E-state index in [1.165, 1.54) is 0 Å². The Balaban J connectivity index is 2.04. The van der Waals surface area contributed by atoms with E-state index in [1.807, 2.05) is 0 Å². The number of ether oxygens (including phenoxy) is 3. The van der Waals surface area contributed by atoms with E-state index in [2.05, 4.69) is 20.8 Å². The highest BCUT2D eigenvalue weighted by atomic mass is 79.9. The van der Waals surface area contributed by atoms with Crippen LogP contribution in [0.4, 0.5) is 0 Å². The molecule has 0 bridgehead atoms. The Morgan fingerprint density at radius 3 is 2.48 bits per heavy atom. The fourth-order valence-corrected chi connectivity index (χ4v) is 2.83. The summed E-state index contributed by atoms with van der Waals surface area (Å²) in [6.07, 6.45) is 0.480. The van der Waals surface area contributed by atoms with Gasteiger partial charge in [0, 0.05) is 36.1 Å². The molecule has 0 atom stereocenters. The molecule has 1 fully saturated rings. The molecule has 0 spiro atoms. The van der Waals surface area contributed by atoms with Crippen molar-refractivity contribution < 1.29 is 19.0 Å². The molecular weight excluding hydrogens is 338 g/mol. The van der Waals surface area contributed by atoms with E-state index in [4.69, 9.17) is 14.2 Å². The van der Waals surface area contributed by atoms with Crippen LogP contribution in [0.5, 0.6) is 11.5 Å². The Kier molecular flexibility index (Phi) is 6.02. The summed E-state index contributed by atoms with van der Waals surface area (Å²) in [7, 11) is 3.14. The Morgan fingerprint density at radius 1 is 1.24 bits per heavy atom. The maximum atomic E-state index is 12.4. The minimum Gasteiger partial charge on any atom is -0.493 e. The first kappa shape index (κ1) is 16.3. The average Bonchev–Trinajstić information content (AvgIpc) is 2.53. The molecule has 0 aliphatic carbocycles. The second-order valence-corrected chi connectivity index (χ2v) is 5.67. The van der Waals surface area contributed by atoms with E-state index >= 15 is 0 Å². The maximum absolute atomic E-state index is 12.4. The lowest BCUT2D eigenvalue weighted by molar-refractivity contribution is 0.0370. The summed E-state index contributed by atoms with van der Waals surface area (Å²) >= 11 is 3.43. The molecule has 1 aliphatic rings. The molecule has 21 heavy (non-hydrogen) atoms. The third-order valence-corrected chi connectivity index (χ3v) is 4.19. The van der Waals surface area contributed by atoms with Gasteiger partial charge in [-0.2, -0.15) is 0 Å². The van der Waals surface area contributed by atoms with Crippen molar-refractivity contribution in [3.63, 3.8) is 0 Å². The minimum absolute atomic E-state index is 0.0920. The summed E-state index contributed by atoms with van der Waals surface area (Å²) in [6.45, 7) is 4.02. The van der Waals surface area contributed by atoms with Gasteiger partial charge in [0.15, 0.2) is 17.3 Å². The predicted octanol–water partition coefficient (Wildman–Crippen LogP) is 2.37. The zero-order valence-corrected chi connectivity index (χ0v) is 13.9. The zero-order valence-electron chi connectivity index (χ0n) is 12.4. The van der Waals surface area contributed by atoms with Crippen LogP contribution in [-0.2, 0) is 4.74 Å². The van der Waals surface area contributed by atoms with Crippen molar-refractivity contribution in [2.75, 3.05) is 47.1 Å². The summed E-state index contributed by atoms with van der Waals surface area (Å²) in [6, 6.07) is 3.49. The highest BCUT2D eigenvalue weighted by molar-refractivity contribution is 9.10. The van der Waals surface area contributed by atoms with Gasteiger partial charge in [0.2, 0.25) is 0 Å². The molecule has 0 amide bonds. The molecule has 5 nitrogen and oxygen atoms in total. The van der Waals surface area contributed by atoms with E-state index < -0.39 is 0 Å². The van der Waals surface area contributed by atoms with Gasteiger partial charge < -0.3 is 14.2 Å². The van der Waals surface area contributed by atoms with Crippen LogP contribution < -0.4 is 9.47 Å². The van der Waals surface area contributed by atoms with Gasteiger partial charge in [-0.3, -0.25) is 9.69 Å². The van der Waals surface area contributed by atoms with E-state index in [0.717, 1.165) is 37.3 Å². The lowest BCUT2D eigenvalue weighted by atomic mass is 10.1. The Bertz CT molecular complexity index is 501. The third-order valence-electron chi connectivity index (χ3n) is 3.53. The number of benzene rings is 1. The van der Waals surface area contributed by atoms with Crippen LogP contribution in [0.15, 0.2) is 16.6 Å². The van der Waals surface area contributed by atoms with Crippen molar-refractivity contribution in [3.8, 4) is 11.5 Å². The number of halogens is 1.